The van der Waals surface area contributed by atoms with Crippen molar-refractivity contribution in [2.45, 2.75) is 56.7 Å². The van der Waals surface area contributed by atoms with Gasteiger partial charge in [0.15, 0.2) is 0 Å². The van der Waals surface area contributed by atoms with Crippen LogP contribution in [-0.2, 0) is 9.47 Å². The predicted octanol–water partition coefficient (Wildman–Crippen LogP) is 1.18. The molecule has 2 heterocycles. The van der Waals surface area contributed by atoms with Gasteiger partial charge in [-0.1, -0.05) is 18.2 Å². The molecule has 4 nitrogen and oxygen atoms in total. The highest BCUT2D eigenvalue weighted by Gasteiger charge is 2.67. The lowest BCUT2D eigenvalue weighted by Gasteiger charge is -2.44. The number of aliphatic hydroxyl groups excluding tert-OH is 2. The van der Waals surface area contributed by atoms with E-state index in [-0.39, 0.29) is 6.10 Å². The second-order valence-electron chi connectivity index (χ2n) is 5.13. The van der Waals surface area contributed by atoms with Gasteiger partial charge in [-0.3, -0.25) is 0 Å². The smallest absolute Gasteiger partial charge is 0.141 e. The van der Waals surface area contributed by atoms with Crippen molar-refractivity contribution < 1.29 is 19.7 Å². The molecule has 0 aromatic rings. The third-order valence-corrected chi connectivity index (χ3v) is 4.08. The first-order chi connectivity index (χ1) is 8.49. The Balaban J connectivity index is 2.29. The summed E-state index contributed by atoms with van der Waals surface area (Å²) in [4.78, 5) is 0. The maximum atomic E-state index is 10.6. The van der Waals surface area contributed by atoms with Crippen molar-refractivity contribution in [3.63, 3.8) is 0 Å². The minimum Gasteiger partial charge on any atom is -0.390 e. The van der Waals surface area contributed by atoms with Gasteiger partial charge in [0.2, 0.25) is 0 Å². The lowest BCUT2D eigenvalue weighted by atomic mass is 9.77. The molecule has 0 aromatic heterocycles. The van der Waals surface area contributed by atoms with Crippen molar-refractivity contribution in [3.8, 4) is 0 Å². The molecule has 0 bridgehead atoms. The summed E-state index contributed by atoms with van der Waals surface area (Å²) >= 11 is 0. The number of epoxide rings is 1. The molecule has 102 valence electrons. The monoisotopic (exact) mass is 254 g/mol. The minimum absolute atomic E-state index is 0.0182. The van der Waals surface area contributed by atoms with Crippen LogP contribution >= 0.6 is 0 Å². The first-order valence-electron chi connectivity index (χ1n) is 6.48. The van der Waals surface area contributed by atoms with Crippen LogP contribution in [0.5, 0.6) is 0 Å². The van der Waals surface area contributed by atoms with Crippen LogP contribution in [0.3, 0.4) is 0 Å². The molecule has 2 saturated heterocycles. The molecule has 2 aliphatic heterocycles. The first kappa shape index (κ1) is 13.7. The van der Waals surface area contributed by atoms with Crippen LogP contribution < -0.4 is 0 Å². The molecular weight excluding hydrogens is 232 g/mol. The highest BCUT2D eigenvalue weighted by Crippen LogP contribution is 2.50. The van der Waals surface area contributed by atoms with E-state index in [2.05, 4.69) is 0 Å². The Bertz CT molecular complexity index is 363. The van der Waals surface area contributed by atoms with E-state index in [4.69, 9.17) is 9.47 Å². The number of ether oxygens (including phenoxy) is 2. The number of aliphatic hydroxyl groups is 2. The van der Waals surface area contributed by atoms with Gasteiger partial charge in [-0.2, -0.15) is 0 Å². The van der Waals surface area contributed by atoms with Gasteiger partial charge >= 0.3 is 0 Å². The molecule has 0 amide bonds. The Hall–Kier alpha value is -0.680. The quantitative estimate of drug-likeness (QED) is 0.586. The highest BCUT2D eigenvalue weighted by atomic mass is 16.6. The largest absolute Gasteiger partial charge is 0.390 e. The first-order valence-corrected chi connectivity index (χ1v) is 6.48. The highest BCUT2D eigenvalue weighted by molar-refractivity contribution is 5.24. The number of hydrogen-bond acceptors (Lipinski definition) is 4. The molecule has 2 aliphatic rings. The van der Waals surface area contributed by atoms with Crippen LogP contribution in [0.4, 0.5) is 0 Å². The fraction of sp³-hybridized carbons (Fsp3) is 0.714. The Morgan fingerprint density at radius 2 is 2.06 bits per heavy atom. The van der Waals surface area contributed by atoms with Gasteiger partial charge in [-0.25, -0.2) is 0 Å². The van der Waals surface area contributed by atoms with Crippen molar-refractivity contribution in [1.29, 1.82) is 0 Å². The summed E-state index contributed by atoms with van der Waals surface area (Å²) in [5.41, 5.74) is -1.63. The van der Waals surface area contributed by atoms with Crippen molar-refractivity contribution >= 4 is 0 Å². The number of rotatable bonds is 3. The van der Waals surface area contributed by atoms with E-state index in [0.29, 0.717) is 13.0 Å². The van der Waals surface area contributed by atoms with Gasteiger partial charge in [0.25, 0.3) is 0 Å². The average molecular weight is 254 g/mol. The molecule has 0 aromatic carbocycles. The summed E-state index contributed by atoms with van der Waals surface area (Å²) in [6, 6.07) is 0. The molecule has 0 radical (unpaired) electrons. The van der Waals surface area contributed by atoms with Crippen LogP contribution in [0.15, 0.2) is 24.3 Å². The van der Waals surface area contributed by atoms with Crippen LogP contribution in [-0.4, -0.2) is 46.3 Å². The molecule has 2 N–H and O–H groups in total. The Morgan fingerprint density at radius 1 is 1.39 bits per heavy atom. The van der Waals surface area contributed by atoms with Crippen molar-refractivity contribution in [2.75, 3.05) is 6.61 Å². The Labute approximate surface area is 108 Å². The van der Waals surface area contributed by atoms with Gasteiger partial charge in [-0.05, 0) is 26.8 Å². The maximum Gasteiger partial charge on any atom is 0.141 e. The molecule has 4 heteroatoms. The maximum absolute atomic E-state index is 10.6. The van der Waals surface area contributed by atoms with Gasteiger partial charge in [-0.15, -0.1) is 0 Å². The second kappa shape index (κ2) is 4.78. The SMILES string of the molecule is C/C=C/C=C/C1(C(C)O)OCCC2(OC2C)C1O. The summed E-state index contributed by atoms with van der Waals surface area (Å²) in [5, 5.41) is 20.6. The van der Waals surface area contributed by atoms with E-state index in [1.807, 2.05) is 26.0 Å². The van der Waals surface area contributed by atoms with Crippen molar-refractivity contribution in [2.24, 2.45) is 0 Å². The molecule has 0 aliphatic carbocycles. The Morgan fingerprint density at radius 3 is 2.56 bits per heavy atom. The van der Waals surface area contributed by atoms with Crippen LogP contribution in [0.1, 0.15) is 27.2 Å². The zero-order chi connectivity index (χ0) is 13.4. The van der Waals surface area contributed by atoms with Crippen LogP contribution in [0.25, 0.3) is 0 Å². The van der Waals surface area contributed by atoms with Gasteiger partial charge < -0.3 is 19.7 Å². The molecule has 0 saturated carbocycles. The minimum atomic E-state index is -1.08. The third-order valence-electron chi connectivity index (χ3n) is 4.08. The van der Waals surface area contributed by atoms with Crippen molar-refractivity contribution in [1.82, 2.24) is 0 Å². The summed E-state index contributed by atoms with van der Waals surface area (Å²) < 4.78 is 11.3. The van der Waals surface area contributed by atoms with Gasteiger partial charge in [0, 0.05) is 6.42 Å². The zero-order valence-corrected chi connectivity index (χ0v) is 11.2. The van der Waals surface area contributed by atoms with E-state index in [0.717, 1.165) is 0 Å². The molecule has 1 spiro atoms. The molecule has 5 atom stereocenters. The topological polar surface area (TPSA) is 62.2 Å². The molecule has 5 unspecified atom stereocenters. The molecule has 2 fully saturated rings. The Kier molecular flexibility index (Phi) is 3.65. The fourth-order valence-corrected chi connectivity index (χ4v) is 2.77. The number of hydrogen-bond donors (Lipinski definition) is 2. The standard InChI is InChI=1S/C14H22O4/c1-4-5-6-7-13(10(2)15)12(16)14(8-9-17-13)11(3)18-14/h4-7,10-12,15-16H,8-9H2,1-3H3/b5-4+,7-6+. The zero-order valence-electron chi connectivity index (χ0n) is 11.2. The van der Waals surface area contributed by atoms with E-state index >= 15 is 0 Å². The van der Waals surface area contributed by atoms with E-state index in [1.165, 1.54) is 0 Å². The number of allylic oxidation sites excluding steroid dienone is 3. The molecule has 18 heavy (non-hydrogen) atoms. The van der Waals surface area contributed by atoms with Gasteiger partial charge in [0.05, 0.1) is 18.8 Å². The summed E-state index contributed by atoms with van der Waals surface area (Å²) in [6.45, 7) is 5.96. The third kappa shape index (κ3) is 1.93. The lowest BCUT2D eigenvalue weighted by molar-refractivity contribution is -0.197. The molecular formula is C14H22O4. The average Bonchev–Trinajstić information content (AvgIpc) is 2.96. The lowest BCUT2D eigenvalue weighted by Crippen LogP contribution is -2.61. The predicted molar refractivity (Wildman–Crippen MR) is 68.2 cm³/mol. The van der Waals surface area contributed by atoms with Gasteiger partial charge in [0.1, 0.15) is 17.3 Å². The summed E-state index contributed by atoms with van der Waals surface area (Å²) in [5.74, 6) is 0. The van der Waals surface area contributed by atoms with E-state index in [9.17, 15) is 10.2 Å². The van der Waals surface area contributed by atoms with Crippen LogP contribution in [0, 0.1) is 0 Å². The van der Waals surface area contributed by atoms with E-state index in [1.54, 1.807) is 19.1 Å². The second-order valence-corrected chi connectivity index (χ2v) is 5.13. The normalized spacial score (nSPS) is 46.1. The summed E-state index contributed by atoms with van der Waals surface area (Å²) in [7, 11) is 0. The van der Waals surface area contributed by atoms with Crippen LogP contribution in [0.2, 0.25) is 0 Å². The molecule has 2 rings (SSSR count). The summed E-state index contributed by atoms with van der Waals surface area (Å²) in [6.07, 6.45) is 6.29. The van der Waals surface area contributed by atoms with Crippen molar-refractivity contribution in [3.05, 3.63) is 24.3 Å². The van der Waals surface area contributed by atoms with E-state index < -0.39 is 23.4 Å². The fourth-order valence-electron chi connectivity index (χ4n) is 2.77.